The average Bonchev–Trinajstić information content (AvgIpc) is 2.19. The first kappa shape index (κ1) is 11.7. The molecule has 1 unspecified atom stereocenters. The lowest BCUT2D eigenvalue weighted by Gasteiger charge is -2.32. The van der Waals surface area contributed by atoms with Gasteiger partial charge in [0.05, 0.1) is 11.6 Å². The summed E-state index contributed by atoms with van der Waals surface area (Å²) >= 11 is 9.23. The summed E-state index contributed by atoms with van der Waals surface area (Å²) in [5.41, 5.74) is 4.87. The first-order chi connectivity index (χ1) is 7.45. The van der Waals surface area contributed by atoms with E-state index in [0.717, 1.165) is 0 Å². The molecule has 0 aliphatic carbocycles. The molecule has 0 saturated carbocycles. The highest BCUT2D eigenvalue weighted by atomic mass is 79.9. The van der Waals surface area contributed by atoms with Crippen molar-refractivity contribution in [3.8, 4) is 5.75 Å². The van der Waals surface area contributed by atoms with Gasteiger partial charge < -0.3 is 15.6 Å². The fraction of sp³-hybridized carbons (Fsp3) is 0.300. The van der Waals surface area contributed by atoms with Crippen molar-refractivity contribution >= 4 is 33.5 Å². The second-order valence-corrected chi connectivity index (χ2v) is 4.96. The molecule has 1 aromatic rings. The number of ether oxygens (including phenoxy) is 1. The Morgan fingerprint density at radius 2 is 2.31 bits per heavy atom. The van der Waals surface area contributed by atoms with Crippen LogP contribution in [0.25, 0.3) is 0 Å². The van der Waals surface area contributed by atoms with E-state index in [1.54, 1.807) is 12.1 Å². The maximum atomic E-state index is 11.2. The summed E-state index contributed by atoms with van der Waals surface area (Å²) in [5.74, 6) is -0.716. The normalized spacial score (nSPS) is 23.4. The topological polar surface area (TPSA) is 72.6 Å². The zero-order valence-electron chi connectivity index (χ0n) is 8.17. The Balaban J connectivity index is 2.67. The van der Waals surface area contributed by atoms with E-state index in [2.05, 4.69) is 15.9 Å². The Morgan fingerprint density at radius 1 is 1.62 bits per heavy atom. The number of nitrogens with two attached hydrogens (primary N) is 1. The number of halogens is 2. The maximum Gasteiger partial charge on any atom is 0.328 e. The van der Waals surface area contributed by atoms with Gasteiger partial charge in [-0.05, 0) is 12.1 Å². The van der Waals surface area contributed by atoms with Crippen LogP contribution in [0.5, 0.6) is 5.75 Å². The molecule has 0 amide bonds. The van der Waals surface area contributed by atoms with Gasteiger partial charge >= 0.3 is 5.97 Å². The molecular formula is C10H9BrClNO3. The van der Waals surface area contributed by atoms with Crippen LogP contribution >= 0.6 is 27.5 Å². The first-order valence-electron chi connectivity index (χ1n) is 4.60. The number of carbonyl (C=O) groups is 1. The van der Waals surface area contributed by atoms with Crippen molar-refractivity contribution in [3.05, 3.63) is 27.2 Å². The third kappa shape index (κ3) is 1.69. The molecule has 1 atom stereocenters. The highest BCUT2D eigenvalue weighted by molar-refractivity contribution is 9.10. The summed E-state index contributed by atoms with van der Waals surface area (Å²) in [5, 5.41) is 9.55. The number of carboxylic acid groups (broad SMARTS) is 1. The Kier molecular flexibility index (Phi) is 2.86. The molecule has 0 radical (unpaired) electrons. The van der Waals surface area contributed by atoms with Gasteiger partial charge in [-0.25, -0.2) is 4.79 Å². The molecule has 2 rings (SSSR count). The Labute approximate surface area is 105 Å². The monoisotopic (exact) mass is 305 g/mol. The predicted molar refractivity (Wildman–Crippen MR) is 62.8 cm³/mol. The summed E-state index contributed by atoms with van der Waals surface area (Å²) < 4.78 is 6.04. The number of hydrogen-bond donors (Lipinski definition) is 2. The third-order valence-corrected chi connectivity index (χ3v) is 3.35. The fourth-order valence-electron chi connectivity index (χ4n) is 1.71. The van der Waals surface area contributed by atoms with Gasteiger partial charge in [0.2, 0.25) is 0 Å². The summed E-state index contributed by atoms with van der Waals surface area (Å²) in [6, 6.07) is 3.28. The smallest absolute Gasteiger partial charge is 0.328 e. The molecular weight excluding hydrogens is 297 g/mol. The van der Waals surface area contributed by atoms with Crippen molar-refractivity contribution in [2.75, 3.05) is 6.61 Å². The zero-order valence-corrected chi connectivity index (χ0v) is 10.5. The van der Waals surface area contributed by atoms with E-state index in [-0.39, 0.29) is 13.0 Å². The van der Waals surface area contributed by atoms with Crippen LogP contribution in [-0.2, 0) is 10.3 Å². The molecule has 4 nitrogen and oxygen atoms in total. The molecule has 0 spiro atoms. The standard InChI is InChI=1S/C10H9BrClNO3/c11-5-3-6-8(7(12)4-5)16-2-1-10(6,13)9(14)15/h3-4H,1-2,13H2,(H,14,15). The van der Waals surface area contributed by atoms with Crippen LogP contribution in [0.15, 0.2) is 16.6 Å². The lowest BCUT2D eigenvalue weighted by molar-refractivity contribution is -0.144. The quantitative estimate of drug-likeness (QED) is 0.833. The van der Waals surface area contributed by atoms with Gasteiger partial charge in [-0.3, -0.25) is 0 Å². The third-order valence-electron chi connectivity index (χ3n) is 2.61. The SMILES string of the molecule is NC1(C(=O)O)CCOc2c(Cl)cc(Br)cc21. The number of carboxylic acids is 1. The highest BCUT2D eigenvalue weighted by Crippen LogP contribution is 2.42. The average molecular weight is 307 g/mol. The van der Waals surface area contributed by atoms with Gasteiger partial charge in [-0.2, -0.15) is 0 Å². The molecule has 1 aliphatic heterocycles. The highest BCUT2D eigenvalue weighted by Gasteiger charge is 2.42. The van der Waals surface area contributed by atoms with Crippen molar-refractivity contribution in [3.63, 3.8) is 0 Å². The number of benzene rings is 1. The number of hydrogen-bond acceptors (Lipinski definition) is 3. The molecule has 16 heavy (non-hydrogen) atoms. The summed E-state index contributed by atoms with van der Waals surface area (Å²) in [6.07, 6.45) is 0.224. The minimum atomic E-state index is -1.43. The number of rotatable bonds is 1. The molecule has 1 aromatic carbocycles. The molecule has 1 heterocycles. The molecule has 0 saturated heterocycles. The second kappa shape index (κ2) is 3.91. The summed E-state index contributed by atoms with van der Waals surface area (Å²) in [4.78, 5) is 11.2. The van der Waals surface area contributed by atoms with Gasteiger partial charge in [0.25, 0.3) is 0 Å². The van der Waals surface area contributed by atoms with E-state index in [4.69, 9.17) is 22.1 Å². The van der Waals surface area contributed by atoms with Crippen molar-refractivity contribution in [2.24, 2.45) is 5.73 Å². The maximum absolute atomic E-state index is 11.2. The van der Waals surface area contributed by atoms with E-state index in [1.165, 1.54) is 0 Å². The molecule has 86 valence electrons. The van der Waals surface area contributed by atoms with Gasteiger partial charge in [0.15, 0.2) is 0 Å². The Bertz CT molecular complexity index is 466. The van der Waals surface area contributed by atoms with Crippen LogP contribution in [0.3, 0.4) is 0 Å². The van der Waals surface area contributed by atoms with Gasteiger partial charge in [-0.15, -0.1) is 0 Å². The minimum absolute atomic E-state index is 0.224. The molecule has 6 heteroatoms. The van der Waals surface area contributed by atoms with E-state index < -0.39 is 11.5 Å². The molecule has 3 N–H and O–H groups in total. The van der Waals surface area contributed by atoms with Crippen molar-refractivity contribution in [1.29, 1.82) is 0 Å². The van der Waals surface area contributed by atoms with Crippen molar-refractivity contribution in [1.82, 2.24) is 0 Å². The lowest BCUT2D eigenvalue weighted by Crippen LogP contribution is -2.48. The first-order valence-corrected chi connectivity index (χ1v) is 5.77. The largest absolute Gasteiger partial charge is 0.492 e. The predicted octanol–water partition coefficient (Wildman–Crippen LogP) is 2.12. The lowest BCUT2D eigenvalue weighted by atomic mass is 9.85. The summed E-state index contributed by atoms with van der Waals surface area (Å²) in [6.45, 7) is 0.247. The van der Waals surface area contributed by atoms with Crippen molar-refractivity contribution in [2.45, 2.75) is 12.0 Å². The van der Waals surface area contributed by atoms with Crippen LogP contribution in [-0.4, -0.2) is 17.7 Å². The number of fused-ring (bicyclic) bond motifs is 1. The second-order valence-electron chi connectivity index (χ2n) is 3.64. The summed E-state index contributed by atoms with van der Waals surface area (Å²) in [7, 11) is 0. The van der Waals surface area contributed by atoms with Crippen LogP contribution in [0, 0.1) is 0 Å². The van der Waals surface area contributed by atoms with E-state index in [1.807, 2.05) is 0 Å². The van der Waals surface area contributed by atoms with Gasteiger partial charge in [0.1, 0.15) is 11.3 Å². The number of aliphatic carboxylic acids is 1. The van der Waals surface area contributed by atoms with Gasteiger partial charge in [0, 0.05) is 16.5 Å². The van der Waals surface area contributed by atoms with Gasteiger partial charge in [-0.1, -0.05) is 27.5 Å². The fourth-order valence-corrected chi connectivity index (χ4v) is 2.57. The van der Waals surface area contributed by atoms with Crippen LogP contribution in [0.1, 0.15) is 12.0 Å². The Hall–Kier alpha value is -0.780. The van der Waals surface area contributed by atoms with Crippen LogP contribution in [0.2, 0.25) is 5.02 Å². The van der Waals surface area contributed by atoms with Crippen LogP contribution < -0.4 is 10.5 Å². The Morgan fingerprint density at radius 3 is 2.94 bits per heavy atom. The van der Waals surface area contributed by atoms with Crippen LogP contribution in [0.4, 0.5) is 0 Å². The van der Waals surface area contributed by atoms with E-state index >= 15 is 0 Å². The molecule has 0 aromatic heterocycles. The minimum Gasteiger partial charge on any atom is -0.492 e. The van der Waals surface area contributed by atoms with Crippen molar-refractivity contribution < 1.29 is 14.6 Å². The van der Waals surface area contributed by atoms with E-state index in [0.29, 0.717) is 20.8 Å². The molecule has 0 fully saturated rings. The molecule has 0 bridgehead atoms. The van der Waals surface area contributed by atoms with E-state index in [9.17, 15) is 9.90 Å². The zero-order chi connectivity index (χ0) is 11.9. The molecule has 1 aliphatic rings.